The summed E-state index contributed by atoms with van der Waals surface area (Å²) in [6.07, 6.45) is 3.02. The summed E-state index contributed by atoms with van der Waals surface area (Å²) in [5, 5.41) is 4.78. The fourth-order valence-corrected chi connectivity index (χ4v) is 4.46. The van der Waals surface area contributed by atoms with Gasteiger partial charge >= 0.3 is 0 Å². The zero-order valence-electron chi connectivity index (χ0n) is 15.4. The maximum Gasteiger partial charge on any atom is 0.248 e. The van der Waals surface area contributed by atoms with E-state index in [0.717, 1.165) is 16.1 Å². The maximum absolute atomic E-state index is 12.2. The number of thiazole rings is 1. The Hall–Kier alpha value is -2.66. The van der Waals surface area contributed by atoms with Crippen LogP contribution in [-0.2, 0) is 4.79 Å². The Morgan fingerprint density at radius 2 is 1.76 bits per heavy atom. The third-order valence-electron chi connectivity index (χ3n) is 4.34. The average Bonchev–Trinajstić information content (AvgIpc) is 3.11. The van der Waals surface area contributed by atoms with Crippen molar-refractivity contribution in [2.24, 2.45) is 0 Å². The molecule has 0 spiro atoms. The summed E-state index contributed by atoms with van der Waals surface area (Å²) < 4.78 is 1.17. The normalized spacial score (nSPS) is 11.3. The van der Waals surface area contributed by atoms with E-state index in [0.29, 0.717) is 21.3 Å². The van der Waals surface area contributed by atoms with Gasteiger partial charge in [0.2, 0.25) is 5.91 Å². The van der Waals surface area contributed by atoms with Crippen molar-refractivity contribution >= 4 is 62.4 Å². The molecule has 0 bridgehead atoms. The lowest BCUT2D eigenvalue weighted by Crippen LogP contribution is -2.07. The lowest BCUT2D eigenvalue weighted by Gasteiger charge is -2.04. The molecule has 0 unspecified atom stereocenters. The van der Waals surface area contributed by atoms with Gasteiger partial charge in [0, 0.05) is 32.9 Å². The fourth-order valence-electron chi connectivity index (χ4n) is 2.86. The molecule has 6 heteroatoms. The van der Waals surface area contributed by atoms with Crippen LogP contribution < -0.4 is 5.32 Å². The van der Waals surface area contributed by atoms with Gasteiger partial charge in [-0.25, -0.2) is 4.98 Å². The second-order valence-electron chi connectivity index (χ2n) is 6.53. The largest absolute Gasteiger partial charge is 0.323 e. The molecule has 0 aliphatic carbocycles. The molecule has 144 valence electrons. The molecule has 4 rings (SSSR count). The lowest BCUT2D eigenvalue weighted by molar-refractivity contribution is -0.111. The van der Waals surface area contributed by atoms with Gasteiger partial charge in [0.05, 0.1) is 10.2 Å². The van der Waals surface area contributed by atoms with Gasteiger partial charge in [-0.2, -0.15) is 0 Å². The number of hydrogen-bond donors (Lipinski definition) is 1. The van der Waals surface area contributed by atoms with Gasteiger partial charge in [-0.05, 0) is 67.1 Å². The number of carbonyl (C=O) groups is 1. The number of carbonyl (C=O) groups excluding carboxylic acids is 1. The number of aryl methyl sites for hydroxylation is 1. The van der Waals surface area contributed by atoms with Crippen molar-refractivity contribution in [3.05, 3.63) is 87.9 Å². The molecular weight excluding hydrogens is 423 g/mol. The van der Waals surface area contributed by atoms with Gasteiger partial charge < -0.3 is 5.32 Å². The summed E-state index contributed by atoms with van der Waals surface area (Å²) >= 11 is 13.9. The van der Waals surface area contributed by atoms with E-state index in [1.165, 1.54) is 16.3 Å². The van der Waals surface area contributed by atoms with Crippen LogP contribution in [0.1, 0.15) is 11.1 Å². The van der Waals surface area contributed by atoms with Crippen LogP contribution in [0, 0.1) is 6.92 Å². The summed E-state index contributed by atoms with van der Waals surface area (Å²) in [6, 6.07) is 19.1. The van der Waals surface area contributed by atoms with Crippen molar-refractivity contribution in [2.75, 3.05) is 5.32 Å². The molecule has 1 heterocycles. The molecule has 0 atom stereocenters. The predicted molar refractivity (Wildman–Crippen MR) is 124 cm³/mol. The van der Waals surface area contributed by atoms with Crippen molar-refractivity contribution in [1.82, 2.24) is 4.98 Å². The number of benzene rings is 3. The first-order valence-electron chi connectivity index (χ1n) is 8.90. The van der Waals surface area contributed by atoms with Crippen LogP contribution in [0.5, 0.6) is 0 Å². The second kappa shape index (κ2) is 8.37. The molecular formula is C23H16Cl2N2OS. The van der Waals surface area contributed by atoms with E-state index in [2.05, 4.69) is 29.4 Å². The zero-order chi connectivity index (χ0) is 20.4. The van der Waals surface area contributed by atoms with Gasteiger partial charge in [0.25, 0.3) is 0 Å². The molecule has 0 saturated heterocycles. The van der Waals surface area contributed by atoms with Crippen molar-refractivity contribution < 1.29 is 4.79 Å². The van der Waals surface area contributed by atoms with E-state index in [9.17, 15) is 4.79 Å². The monoisotopic (exact) mass is 438 g/mol. The Kier molecular flexibility index (Phi) is 5.67. The summed E-state index contributed by atoms with van der Waals surface area (Å²) in [7, 11) is 0. The lowest BCUT2D eigenvalue weighted by atomic mass is 10.2. The molecule has 1 aromatic heterocycles. The Morgan fingerprint density at radius 1 is 1.03 bits per heavy atom. The zero-order valence-corrected chi connectivity index (χ0v) is 17.8. The second-order valence-corrected chi connectivity index (χ2v) is 8.37. The van der Waals surface area contributed by atoms with E-state index in [4.69, 9.17) is 23.2 Å². The van der Waals surface area contributed by atoms with Crippen LogP contribution in [0.2, 0.25) is 10.0 Å². The highest BCUT2D eigenvalue weighted by atomic mass is 35.5. The van der Waals surface area contributed by atoms with Crippen molar-refractivity contribution in [3.8, 4) is 10.6 Å². The van der Waals surface area contributed by atoms with Crippen molar-refractivity contribution in [3.63, 3.8) is 0 Å². The molecule has 0 aliphatic rings. The molecule has 3 aromatic carbocycles. The number of anilines is 1. The highest BCUT2D eigenvalue weighted by molar-refractivity contribution is 7.21. The van der Waals surface area contributed by atoms with E-state index < -0.39 is 0 Å². The summed E-state index contributed by atoms with van der Waals surface area (Å²) in [5.74, 6) is -0.260. The summed E-state index contributed by atoms with van der Waals surface area (Å²) in [5.41, 5.74) is 4.55. The molecule has 3 nitrogen and oxygen atoms in total. The fraction of sp³-hybridized carbons (Fsp3) is 0.0435. The van der Waals surface area contributed by atoms with Crippen LogP contribution in [-0.4, -0.2) is 10.9 Å². The standard InChI is InChI=1S/C23H16Cl2N2OS/c1-14-5-11-20-21(13-14)29-23(27-20)15-6-8-16(9-7-15)26-22(28)12-10-17-18(24)3-2-4-19(17)25/h2-13H,1H3,(H,26,28)/b12-10+. The van der Waals surface area contributed by atoms with Crippen LogP contribution in [0.4, 0.5) is 5.69 Å². The quantitative estimate of drug-likeness (QED) is 0.341. The van der Waals surface area contributed by atoms with E-state index in [-0.39, 0.29) is 5.91 Å². The van der Waals surface area contributed by atoms with Crippen molar-refractivity contribution in [1.29, 1.82) is 0 Å². The van der Waals surface area contributed by atoms with Gasteiger partial charge in [0.1, 0.15) is 5.01 Å². The number of halogens is 2. The first-order valence-corrected chi connectivity index (χ1v) is 10.5. The van der Waals surface area contributed by atoms with Crippen LogP contribution >= 0.6 is 34.5 Å². The molecule has 4 aromatic rings. The van der Waals surface area contributed by atoms with Gasteiger partial charge in [-0.1, -0.05) is 35.3 Å². The predicted octanol–water partition coefficient (Wildman–Crippen LogP) is 7.23. The minimum atomic E-state index is -0.260. The van der Waals surface area contributed by atoms with Crippen LogP contribution in [0.3, 0.4) is 0 Å². The Bertz CT molecular complexity index is 1210. The molecule has 0 radical (unpaired) electrons. The molecule has 29 heavy (non-hydrogen) atoms. The molecule has 1 N–H and O–H groups in total. The first kappa shape index (κ1) is 19.6. The van der Waals surface area contributed by atoms with Crippen LogP contribution in [0.15, 0.2) is 66.7 Å². The topological polar surface area (TPSA) is 42.0 Å². The highest BCUT2D eigenvalue weighted by Gasteiger charge is 2.07. The summed E-state index contributed by atoms with van der Waals surface area (Å²) in [6.45, 7) is 2.07. The SMILES string of the molecule is Cc1ccc2nc(-c3ccc(NC(=O)/C=C/c4c(Cl)cccc4Cl)cc3)sc2c1. The van der Waals surface area contributed by atoms with Gasteiger partial charge in [-0.3, -0.25) is 4.79 Å². The number of fused-ring (bicyclic) bond motifs is 1. The number of rotatable bonds is 4. The Morgan fingerprint density at radius 3 is 2.48 bits per heavy atom. The number of nitrogens with zero attached hydrogens (tertiary/aromatic N) is 1. The Balaban J connectivity index is 1.47. The molecule has 0 fully saturated rings. The Labute approximate surface area is 182 Å². The average molecular weight is 439 g/mol. The number of aromatic nitrogens is 1. The minimum Gasteiger partial charge on any atom is -0.323 e. The highest BCUT2D eigenvalue weighted by Crippen LogP contribution is 2.31. The van der Waals surface area contributed by atoms with Gasteiger partial charge in [0.15, 0.2) is 0 Å². The van der Waals surface area contributed by atoms with E-state index >= 15 is 0 Å². The van der Waals surface area contributed by atoms with Gasteiger partial charge in [-0.15, -0.1) is 11.3 Å². The number of hydrogen-bond acceptors (Lipinski definition) is 3. The molecule has 0 saturated carbocycles. The summed E-state index contributed by atoms with van der Waals surface area (Å²) in [4.78, 5) is 16.9. The van der Waals surface area contributed by atoms with Crippen molar-refractivity contribution in [2.45, 2.75) is 6.92 Å². The third kappa shape index (κ3) is 4.51. The number of nitrogens with one attached hydrogen (secondary N) is 1. The van der Waals surface area contributed by atoms with Crippen LogP contribution in [0.25, 0.3) is 26.9 Å². The minimum absolute atomic E-state index is 0.260. The third-order valence-corrected chi connectivity index (χ3v) is 6.07. The first-order chi connectivity index (χ1) is 14.0. The smallest absolute Gasteiger partial charge is 0.248 e. The number of amides is 1. The maximum atomic E-state index is 12.2. The molecule has 1 amide bonds. The van der Waals surface area contributed by atoms with E-state index in [1.807, 2.05) is 30.3 Å². The van der Waals surface area contributed by atoms with E-state index in [1.54, 1.807) is 35.6 Å². The molecule has 0 aliphatic heterocycles.